The number of aromatic nitrogens is 3. The lowest BCUT2D eigenvalue weighted by Crippen LogP contribution is -2.23. The van der Waals surface area contributed by atoms with E-state index < -0.39 is 0 Å². The summed E-state index contributed by atoms with van der Waals surface area (Å²) in [7, 11) is 0. The third kappa shape index (κ3) is 4.16. The van der Waals surface area contributed by atoms with Crippen molar-refractivity contribution in [3.8, 4) is 0 Å². The normalized spacial score (nSPS) is 12.6. The Labute approximate surface area is 196 Å². The second kappa shape index (κ2) is 8.32. The van der Waals surface area contributed by atoms with Crippen LogP contribution in [-0.2, 0) is 6.54 Å². The summed E-state index contributed by atoms with van der Waals surface area (Å²) < 4.78 is 4.64. The van der Waals surface area contributed by atoms with E-state index in [-0.39, 0.29) is 16.9 Å². The number of benzene rings is 2. The van der Waals surface area contributed by atoms with E-state index in [0.29, 0.717) is 16.7 Å². The predicted octanol–water partition coefficient (Wildman–Crippen LogP) is 6.47. The Bertz CT molecular complexity index is 1400. The molecule has 2 aromatic heterocycles. The molecule has 0 aliphatic rings. The van der Waals surface area contributed by atoms with Crippen LogP contribution >= 0.6 is 15.9 Å². The van der Waals surface area contributed by atoms with Crippen molar-refractivity contribution in [3.63, 3.8) is 0 Å². The molecule has 4 rings (SSSR count). The maximum absolute atomic E-state index is 13.4. The Hall–Kier alpha value is -2.73. The lowest BCUT2D eigenvalue weighted by molar-refractivity contribution is 0.346. The smallest absolute Gasteiger partial charge is 0.282 e. The van der Waals surface area contributed by atoms with E-state index in [9.17, 15) is 4.79 Å². The van der Waals surface area contributed by atoms with Crippen LogP contribution in [0.3, 0.4) is 0 Å². The topological polar surface area (TPSA) is 52.2 Å². The molecule has 0 saturated carbocycles. The van der Waals surface area contributed by atoms with E-state index in [0.717, 1.165) is 27.7 Å². The number of rotatable bonds is 4. The summed E-state index contributed by atoms with van der Waals surface area (Å²) in [6.45, 7) is 13.8. The molecular formula is C26H29BrN4O. The van der Waals surface area contributed by atoms with Gasteiger partial charge in [-0.3, -0.25) is 4.79 Å². The molecule has 0 saturated heterocycles. The zero-order valence-corrected chi connectivity index (χ0v) is 21.1. The van der Waals surface area contributed by atoms with Crippen LogP contribution in [0.15, 0.2) is 56.8 Å². The minimum atomic E-state index is -0.160. The molecule has 0 spiro atoms. The highest BCUT2D eigenvalue weighted by Crippen LogP contribution is 2.28. The minimum absolute atomic E-state index is 0.0521. The molecule has 2 heterocycles. The van der Waals surface area contributed by atoms with Gasteiger partial charge in [0.2, 0.25) is 0 Å². The highest BCUT2D eigenvalue weighted by Gasteiger charge is 2.19. The molecule has 0 unspecified atom stereocenters. The molecule has 0 amide bonds. The molecule has 0 bridgehead atoms. The van der Waals surface area contributed by atoms with Crippen molar-refractivity contribution in [1.82, 2.24) is 14.2 Å². The van der Waals surface area contributed by atoms with Gasteiger partial charge in [0.15, 0.2) is 0 Å². The van der Waals surface area contributed by atoms with E-state index in [1.54, 1.807) is 6.07 Å². The maximum atomic E-state index is 13.4. The van der Waals surface area contributed by atoms with E-state index in [1.165, 1.54) is 10.2 Å². The molecule has 0 N–H and O–H groups in total. The van der Waals surface area contributed by atoms with Crippen LogP contribution in [0.25, 0.3) is 21.8 Å². The molecular weight excluding hydrogens is 464 g/mol. The molecule has 0 aliphatic carbocycles. The van der Waals surface area contributed by atoms with E-state index in [2.05, 4.69) is 71.5 Å². The Morgan fingerprint density at radius 3 is 2.53 bits per heavy atom. The average Bonchev–Trinajstić information content (AvgIpc) is 2.97. The summed E-state index contributed by atoms with van der Waals surface area (Å²) in [6.07, 6.45) is 1.82. The molecule has 32 heavy (non-hydrogen) atoms. The summed E-state index contributed by atoms with van der Waals surface area (Å²) >= 11 is 3.46. The number of nitrogens with zero attached hydrogens (tertiary/aromatic N) is 4. The van der Waals surface area contributed by atoms with Crippen molar-refractivity contribution >= 4 is 44.0 Å². The van der Waals surface area contributed by atoms with Crippen LogP contribution in [0.4, 0.5) is 0 Å². The molecule has 0 aliphatic heterocycles. The number of hydrogen-bond donors (Lipinski definition) is 0. The zero-order valence-electron chi connectivity index (χ0n) is 19.5. The van der Waals surface area contributed by atoms with Crippen molar-refractivity contribution in [2.75, 3.05) is 0 Å². The second-order valence-electron chi connectivity index (χ2n) is 9.81. The Morgan fingerprint density at radius 1 is 1.12 bits per heavy atom. The first-order chi connectivity index (χ1) is 15.1. The summed E-state index contributed by atoms with van der Waals surface area (Å²) in [5.41, 5.74) is 4.01. The molecule has 5 nitrogen and oxygen atoms in total. The van der Waals surface area contributed by atoms with Gasteiger partial charge in [-0.2, -0.15) is 9.78 Å². The second-order valence-corrected chi connectivity index (χ2v) is 10.7. The molecule has 4 aromatic rings. The fraction of sp³-hybridized carbons (Fsp3) is 0.346. The largest absolute Gasteiger partial charge is 0.344 e. The fourth-order valence-corrected chi connectivity index (χ4v) is 4.43. The summed E-state index contributed by atoms with van der Waals surface area (Å²) in [4.78, 5) is 18.1. The van der Waals surface area contributed by atoms with Crippen molar-refractivity contribution in [1.29, 1.82) is 0 Å². The zero-order chi connectivity index (χ0) is 23.2. The number of halogens is 1. The van der Waals surface area contributed by atoms with E-state index in [4.69, 9.17) is 4.98 Å². The average molecular weight is 493 g/mol. The van der Waals surface area contributed by atoms with Crippen molar-refractivity contribution in [3.05, 3.63) is 74.4 Å². The van der Waals surface area contributed by atoms with Gasteiger partial charge in [0.05, 0.1) is 17.1 Å². The Kier molecular flexibility index (Phi) is 5.84. The van der Waals surface area contributed by atoms with Gasteiger partial charge in [-0.1, -0.05) is 68.7 Å². The monoisotopic (exact) mass is 492 g/mol. The van der Waals surface area contributed by atoms with Gasteiger partial charge in [0.1, 0.15) is 5.82 Å². The predicted molar refractivity (Wildman–Crippen MR) is 137 cm³/mol. The van der Waals surface area contributed by atoms with Crippen LogP contribution in [-0.4, -0.2) is 20.4 Å². The first kappa shape index (κ1) is 22.5. The highest BCUT2D eigenvalue weighted by atomic mass is 79.9. The van der Waals surface area contributed by atoms with Crippen LogP contribution in [0, 0.1) is 12.3 Å². The lowest BCUT2D eigenvalue weighted by Gasteiger charge is -2.21. The molecule has 166 valence electrons. The van der Waals surface area contributed by atoms with Gasteiger partial charge in [-0.25, -0.2) is 4.98 Å². The van der Waals surface area contributed by atoms with Crippen LogP contribution in [0.2, 0.25) is 0 Å². The maximum Gasteiger partial charge on any atom is 0.282 e. The van der Waals surface area contributed by atoms with Gasteiger partial charge in [-0.15, -0.1) is 0 Å². The fourth-order valence-electron chi connectivity index (χ4n) is 4.07. The molecule has 2 aromatic carbocycles. The van der Waals surface area contributed by atoms with Gasteiger partial charge in [0, 0.05) is 39.1 Å². The summed E-state index contributed by atoms with van der Waals surface area (Å²) in [6, 6.07) is 13.9. The van der Waals surface area contributed by atoms with Gasteiger partial charge >= 0.3 is 0 Å². The van der Waals surface area contributed by atoms with Crippen molar-refractivity contribution in [2.45, 2.75) is 54.0 Å². The first-order valence-corrected chi connectivity index (χ1v) is 11.7. The van der Waals surface area contributed by atoms with Gasteiger partial charge < -0.3 is 4.57 Å². The van der Waals surface area contributed by atoms with Gasteiger partial charge in [-0.05, 0) is 36.6 Å². The number of fused-ring (bicyclic) bond motifs is 2. The first-order valence-electron chi connectivity index (χ1n) is 10.9. The molecule has 6 heteroatoms. The number of para-hydroxylation sites is 1. The van der Waals surface area contributed by atoms with Crippen LogP contribution in [0.1, 0.15) is 57.6 Å². The van der Waals surface area contributed by atoms with Crippen molar-refractivity contribution < 1.29 is 0 Å². The lowest BCUT2D eigenvalue weighted by atomic mass is 9.96. The SMILES string of the molecule is Cc1c(C=Nn2c(C(C)C)nc3ccc(Br)cc3c2=O)c2ccccc2n1CC(C)(C)C. The summed E-state index contributed by atoms with van der Waals surface area (Å²) in [5.74, 6) is 0.702. The number of hydrogen-bond acceptors (Lipinski definition) is 3. The van der Waals surface area contributed by atoms with E-state index in [1.807, 2.05) is 38.3 Å². The molecule has 0 radical (unpaired) electrons. The van der Waals surface area contributed by atoms with Gasteiger partial charge in [0.25, 0.3) is 5.56 Å². The molecule has 0 fully saturated rings. The standard InChI is InChI=1S/C26H29BrN4O/c1-16(2)24-29-22-12-11-18(27)13-20(22)25(32)31(24)28-14-21-17(3)30(15-26(4,5)6)23-10-8-7-9-19(21)23/h7-14,16H,15H2,1-6H3. The quantitative estimate of drug-likeness (QED) is 0.306. The molecule has 0 atom stereocenters. The Morgan fingerprint density at radius 2 is 1.84 bits per heavy atom. The highest BCUT2D eigenvalue weighted by molar-refractivity contribution is 9.10. The van der Waals surface area contributed by atoms with Crippen molar-refractivity contribution in [2.24, 2.45) is 10.5 Å². The van der Waals surface area contributed by atoms with E-state index >= 15 is 0 Å². The third-order valence-electron chi connectivity index (χ3n) is 5.56. The minimum Gasteiger partial charge on any atom is -0.344 e. The van der Waals surface area contributed by atoms with Crippen LogP contribution < -0.4 is 5.56 Å². The third-order valence-corrected chi connectivity index (χ3v) is 6.06. The Balaban J connectivity index is 1.92. The summed E-state index contributed by atoms with van der Waals surface area (Å²) in [5, 5.41) is 6.37. The van der Waals surface area contributed by atoms with Crippen LogP contribution in [0.5, 0.6) is 0 Å².